The number of aromatic nitrogens is 1. The van der Waals surface area contributed by atoms with E-state index >= 15 is 0 Å². The van der Waals surface area contributed by atoms with E-state index in [1.807, 2.05) is 30.3 Å². The molecule has 0 radical (unpaired) electrons. The number of nitrogens with zero attached hydrogens (tertiary/aromatic N) is 2. The Morgan fingerprint density at radius 1 is 1.06 bits per heavy atom. The van der Waals surface area contributed by atoms with Crippen LogP contribution in [0.4, 0.5) is 4.39 Å². The van der Waals surface area contributed by atoms with E-state index in [1.165, 1.54) is 11.6 Å². The highest BCUT2D eigenvalue weighted by Crippen LogP contribution is 2.39. The number of hydrogen-bond donors (Lipinski definition) is 0. The van der Waals surface area contributed by atoms with Gasteiger partial charge >= 0.3 is 0 Å². The van der Waals surface area contributed by atoms with Crippen LogP contribution in [0, 0.1) is 12.7 Å². The van der Waals surface area contributed by atoms with Crippen molar-refractivity contribution in [2.75, 3.05) is 26.3 Å². The van der Waals surface area contributed by atoms with Gasteiger partial charge in [-0.2, -0.15) is 0 Å². The number of pyridine rings is 1. The van der Waals surface area contributed by atoms with Gasteiger partial charge in [0, 0.05) is 50.0 Å². The molecular weight excluding hydrogens is 439 g/mol. The van der Waals surface area contributed by atoms with E-state index < -0.39 is 5.41 Å². The predicted molar refractivity (Wildman–Crippen MR) is 135 cm³/mol. The highest BCUT2D eigenvalue weighted by molar-refractivity contribution is 5.88. The summed E-state index contributed by atoms with van der Waals surface area (Å²) in [6.45, 7) is 4.74. The third kappa shape index (κ3) is 5.01. The third-order valence-electron chi connectivity index (χ3n) is 7.64. The molecule has 2 saturated heterocycles. The molecule has 5 rings (SSSR count). The van der Waals surface area contributed by atoms with Crippen molar-refractivity contribution in [3.05, 3.63) is 101 Å². The highest BCUT2D eigenvalue weighted by Gasteiger charge is 2.45. The van der Waals surface area contributed by atoms with Crippen molar-refractivity contribution in [2.45, 2.75) is 50.4 Å². The number of carbonyl (C=O) groups is 1. The van der Waals surface area contributed by atoms with Gasteiger partial charge in [0.15, 0.2) is 0 Å². The van der Waals surface area contributed by atoms with E-state index in [-0.39, 0.29) is 17.6 Å². The van der Waals surface area contributed by atoms with Crippen LogP contribution in [0.25, 0.3) is 0 Å². The monoisotopic (exact) mass is 472 g/mol. The van der Waals surface area contributed by atoms with E-state index in [1.54, 1.807) is 6.07 Å². The molecule has 2 aliphatic rings. The van der Waals surface area contributed by atoms with Gasteiger partial charge in [0.1, 0.15) is 5.82 Å². The first kappa shape index (κ1) is 23.7. The molecule has 35 heavy (non-hydrogen) atoms. The quantitative estimate of drug-likeness (QED) is 0.487. The summed E-state index contributed by atoms with van der Waals surface area (Å²) >= 11 is 0. The second kappa shape index (κ2) is 10.3. The summed E-state index contributed by atoms with van der Waals surface area (Å²) in [6, 6.07) is 21.3. The van der Waals surface area contributed by atoms with Gasteiger partial charge in [-0.25, -0.2) is 4.39 Å². The number of hydrogen-bond acceptors (Lipinski definition) is 3. The number of carbonyl (C=O) groups excluding carboxylic acids is 1. The topological polar surface area (TPSA) is 42.4 Å². The summed E-state index contributed by atoms with van der Waals surface area (Å²) in [5, 5.41) is 0. The highest BCUT2D eigenvalue weighted by atomic mass is 19.1. The first-order valence-corrected chi connectivity index (χ1v) is 12.7. The van der Waals surface area contributed by atoms with Gasteiger partial charge in [0.2, 0.25) is 5.91 Å². The Morgan fingerprint density at radius 3 is 2.60 bits per heavy atom. The normalized spacial score (nSPS) is 19.9. The molecule has 1 unspecified atom stereocenters. The maximum atomic E-state index is 14.2. The van der Waals surface area contributed by atoms with Crippen molar-refractivity contribution in [2.24, 2.45) is 0 Å². The number of aryl methyl sites for hydroxylation is 1. The number of amides is 1. The largest absolute Gasteiger partial charge is 0.381 e. The van der Waals surface area contributed by atoms with E-state index in [4.69, 9.17) is 9.72 Å². The van der Waals surface area contributed by atoms with Crippen LogP contribution in [-0.2, 0) is 21.4 Å². The first-order valence-electron chi connectivity index (χ1n) is 12.7. The lowest BCUT2D eigenvalue weighted by Crippen LogP contribution is -2.52. The average molecular weight is 473 g/mol. The predicted octanol–water partition coefficient (Wildman–Crippen LogP) is 5.57. The Bertz CT molecular complexity index is 1170. The molecular formula is C30H33FN2O2. The van der Waals surface area contributed by atoms with E-state index in [9.17, 15) is 9.18 Å². The number of halogens is 1. The Labute approximate surface area is 207 Å². The summed E-state index contributed by atoms with van der Waals surface area (Å²) in [6.07, 6.45) is 3.85. The van der Waals surface area contributed by atoms with Gasteiger partial charge < -0.3 is 9.64 Å². The van der Waals surface area contributed by atoms with Crippen LogP contribution in [0.5, 0.6) is 0 Å². The van der Waals surface area contributed by atoms with Crippen molar-refractivity contribution >= 4 is 5.91 Å². The molecule has 1 aromatic heterocycles. The van der Waals surface area contributed by atoms with Crippen molar-refractivity contribution < 1.29 is 13.9 Å². The van der Waals surface area contributed by atoms with Gasteiger partial charge in [-0.3, -0.25) is 9.78 Å². The van der Waals surface area contributed by atoms with Crippen LogP contribution in [0.3, 0.4) is 0 Å². The fourth-order valence-electron chi connectivity index (χ4n) is 5.59. The smallest absolute Gasteiger partial charge is 0.233 e. The van der Waals surface area contributed by atoms with Crippen LogP contribution in [-0.4, -0.2) is 42.1 Å². The first-order chi connectivity index (χ1) is 17.0. The van der Waals surface area contributed by atoms with Crippen molar-refractivity contribution in [1.82, 2.24) is 9.88 Å². The van der Waals surface area contributed by atoms with Crippen molar-refractivity contribution in [1.29, 1.82) is 0 Å². The number of likely N-dealkylation sites (tertiary alicyclic amines) is 1. The molecule has 0 bridgehead atoms. The number of rotatable bonds is 5. The van der Waals surface area contributed by atoms with Gasteiger partial charge in [-0.1, -0.05) is 54.1 Å². The van der Waals surface area contributed by atoms with Crippen LogP contribution >= 0.6 is 0 Å². The molecule has 1 amide bonds. The zero-order valence-corrected chi connectivity index (χ0v) is 20.4. The molecule has 4 nitrogen and oxygen atoms in total. The van der Waals surface area contributed by atoms with Gasteiger partial charge in [-0.15, -0.1) is 0 Å². The molecule has 1 atom stereocenters. The van der Waals surface area contributed by atoms with E-state index in [0.717, 1.165) is 36.3 Å². The zero-order valence-electron chi connectivity index (χ0n) is 20.4. The molecule has 3 heterocycles. The van der Waals surface area contributed by atoms with Crippen LogP contribution in [0.15, 0.2) is 66.7 Å². The van der Waals surface area contributed by atoms with Gasteiger partial charge in [0.05, 0.1) is 5.41 Å². The Morgan fingerprint density at radius 2 is 1.83 bits per heavy atom. The minimum absolute atomic E-state index is 0.183. The van der Waals surface area contributed by atoms with Crippen molar-refractivity contribution in [3.63, 3.8) is 0 Å². The lowest BCUT2D eigenvalue weighted by molar-refractivity contribution is -0.142. The number of ether oxygens (including phenoxy) is 1. The van der Waals surface area contributed by atoms with Gasteiger partial charge in [-0.05, 0) is 61.9 Å². The van der Waals surface area contributed by atoms with E-state index in [2.05, 4.69) is 36.1 Å². The van der Waals surface area contributed by atoms with Gasteiger partial charge in [0.25, 0.3) is 0 Å². The van der Waals surface area contributed by atoms with Crippen LogP contribution in [0.1, 0.15) is 59.7 Å². The fraction of sp³-hybridized carbons (Fsp3) is 0.400. The third-order valence-corrected chi connectivity index (χ3v) is 7.64. The minimum Gasteiger partial charge on any atom is -0.381 e. The molecule has 5 heteroatoms. The molecule has 2 aromatic carbocycles. The Hall–Kier alpha value is -3.05. The fourth-order valence-corrected chi connectivity index (χ4v) is 5.59. The lowest BCUT2D eigenvalue weighted by atomic mass is 9.72. The van der Waals surface area contributed by atoms with Crippen LogP contribution < -0.4 is 0 Å². The number of benzene rings is 2. The summed E-state index contributed by atoms with van der Waals surface area (Å²) in [7, 11) is 0. The minimum atomic E-state index is -0.520. The zero-order chi connectivity index (χ0) is 24.3. The maximum absolute atomic E-state index is 14.2. The molecule has 0 spiro atoms. The summed E-state index contributed by atoms with van der Waals surface area (Å²) in [5.41, 5.74) is 4.28. The standard InChI is InChI=1S/C30H33FN2O2/c1-22-11-13-25(14-12-22)30(15-18-35-19-16-30)29(34)33-17-5-7-24(21-33)28-10-4-8-26(32-28)20-23-6-2-3-9-27(23)31/h2-4,6,8-14,24H,5,7,15-21H2,1H3. The molecule has 0 aliphatic carbocycles. The second-order valence-electron chi connectivity index (χ2n) is 9.97. The summed E-state index contributed by atoms with van der Waals surface area (Å²) in [5.74, 6) is 0.201. The molecule has 0 N–H and O–H groups in total. The summed E-state index contributed by atoms with van der Waals surface area (Å²) < 4.78 is 19.8. The van der Waals surface area contributed by atoms with E-state index in [0.29, 0.717) is 44.6 Å². The Balaban J connectivity index is 1.36. The van der Waals surface area contributed by atoms with Crippen LogP contribution in [0.2, 0.25) is 0 Å². The Kier molecular flexibility index (Phi) is 6.96. The molecule has 2 fully saturated rings. The second-order valence-corrected chi connectivity index (χ2v) is 9.97. The number of piperidine rings is 1. The molecule has 2 aliphatic heterocycles. The summed E-state index contributed by atoms with van der Waals surface area (Å²) in [4.78, 5) is 21.1. The molecule has 0 saturated carbocycles. The molecule has 182 valence electrons. The molecule has 3 aromatic rings. The van der Waals surface area contributed by atoms with Crippen molar-refractivity contribution in [3.8, 4) is 0 Å². The SMILES string of the molecule is Cc1ccc(C2(C(=O)N3CCCC(c4cccc(Cc5ccccc5F)n4)C3)CCOCC2)cc1. The lowest BCUT2D eigenvalue weighted by Gasteiger charge is -2.42. The average Bonchev–Trinajstić information content (AvgIpc) is 2.91. The maximum Gasteiger partial charge on any atom is 0.233 e.